The van der Waals surface area contributed by atoms with Gasteiger partial charge in [0.15, 0.2) is 0 Å². The van der Waals surface area contributed by atoms with Crippen LogP contribution in [0.1, 0.15) is 18.9 Å². The van der Waals surface area contributed by atoms with E-state index in [0.717, 1.165) is 17.7 Å². The normalized spacial score (nSPS) is 14.7. The second kappa shape index (κ2) is 4.92. The molecule has 0 aliphatic carbocycles. The van der Waals surface area contributed by atoms with E-state index in [-0.39, 0.29) is 18.2 Å². The highest BCUT2D eigenvalue weighted by Crippen LogP contribution is 2.30. The molecule has 1 aromatic rings. The van der Waals surface area contributed by atoms with Crippen molar-refractivity contribution in [2.45, 2.75) is 24.7 Å². The number of hydrogen-bond acceptors (Lipinski definition) is 3. The van der Waals surface area contributed by atoms with Crippen LogP contribution in [-0.2, 0) is 16.0 Å². The number of thioether (sulfide) groups is 1. The summed E-state index contributed by atoms with van der Waals surface area (Å²) in [4.78, 5) is 25.8. The Labute approximate surface area is 105 Å². The summed E-state index contributed by atoms with van der Waals surface area (Å²) in [5.74, 6) is 0.0599. The molecule has 0 unspecified atom stereocenters. The van der Waals surface area contributed by atoms with Gasteiger partial charge in [0.2, 0.25) is 5.91 Å². The summed E-state index contributed by atoms with van der Waals surface area (Å²) >= 11 is 1.69. The lowest BCUT2D eigenvalue weighted by Crippen LogP contribution is -2.38. The maximum Gasteiger partial charge on any atom is 0.227 e. The van der Waals surface area contributed by atoms with Gasteiger partial charge in [-0.1, -0.05) is 0 Å². The average Bonchev–Trinajstić information content (AvgIpc) is 2.32. The fourth-order valence-corrected chi connectivity index (χ4v) is 2.52. The molecule has 0 radical (unpaired) electrons. The van der Waals surface area contributed by atoms with Crippen LogP contribution in [0.15, 0.2) is 23.1 Å². The molecule has 2 rings (SSSR count). The Kier molecular flexibility index (Phi) is 3.52. The van der Waals surface area contributed by atoms with Crippen molar-refractivity contribution in [3.63, 3.8) is 0 Å². The van der Waals surface area contributed by atoms with Gasteiger partial charge in [-0.2, -0.15) is 0 Å². The van der Waals surface area contributed by atoms with E-state index in [1.165, 1.54) is 11.8 Å². The van der Waals surface area contributed by atoms with E-state index >= 15 is 0 Å². The molecule has 90 valence electrons. The third-order valence-electron chi connectivity index (χ3n) is 2.87. The van der Waals surface area contributed by atoms with Gasteiger partial charge in [-0.15, -0.1) is 11.8 Å². The van der Waals surface area contributed by atoms with Crippen LogP contribution >= 0.6 is 11.8 Å². The molecule has 0 saturated heterocycles. The third-order valence-corrected chi connectivity index (χ3v) is 3.59. The summed E-state index contributed by atoms with van der Waals surface area (Å²) in [5, 5.41) is 0. The molecule has 1 aliphatic heterocycles. The SMILES string of the molecule is CSc1ccc2c(c1)CCC(=O)N2CC(C)=O. The van der Waals surface area contributed by atoms with E-state index in [1.807, 2.05) is 18.4 Å². The predicted octanol–water partition coefficient (Wildman–Crippen LogP) is 2.28. The number of ketones is 1. The Bertz CT molecular complexity index is 470. The molecule has 0 spiro atoms. The van der Waals surface area contributed by atoms with Gasteiger partial charge in [0.05, 0.1) is 6.54 Å². The zero-order chi connectivity index (χ0) is 12.4. The zero-order valence-electron chi connectivity index (χ0n) is 10.0. The lowest BCUT2D eigenvalue weighted by molar-refractivity contribution is -0.122. The number of fused-ring (bicyclic) bond motifs is 1. The number of rotatable bonds is 3. The number of amides is 1. The molecule has 1 amide bonds. The number of aryl methyl sites for hydroxylation is 1. The van der Waals surface area contributed by atoms with Gasteiger partial charge >= 0.3 is 0 Å². The standard InChI is InChI=1S/C13H15NO2S/c1-9(15)8-14-12-5-4-11(17-2)7-10(12)3-6-13(14)16/h4-5,7H,3,6,8H2,1-2H3. The van der Waals surface area contributed by atoms with E-state index in [4.69, 9.17) is 0 Å². The van der Waals surface area contributed by atoms with E-state index in [2.05, 4.69) is 6.07 Å². The highest BCUT2D eigenvalue weighted by Gasteiger charge is 2.24. The second-order valence-corrected chi connectivity index (χ2v) is 5.06. The van der Waals surface area contributed by atoms with Gasteiger partial charge in [-0.3, -0.25) is 9.59 Å². The van der Waals surface area contributed by atoms with Crippen LogP contribution in [0.2, 0.25) is 0 Å². The van der Waals surface area contributed by atoms with E-state index in [1.54, 1.807) is 16.7 Å². The maximum absolute atomic E-state index is 11.8. The Hall–Kier alpha value is -1.29. The molecule has 0 fully saturated rings. The Morgan fingerprint density at radius 2 is 2.18 bits per heavy atom. The maximum atomic E-state index is 11.8. The van der Waals surface area contributed by atoms with Crippen LogP contribution in [0.25, 0.3) is 0 Å². The summed E-state index contributed by atoms with van der Waals surface area (Å²) in [5.41, 5.74) is 2.06. The highest BCUT2D eigenvalue weighted by atomic mass is 32.2. The van der Waals surface area contributed by atoms with Gasteiger partial charge in [0.1, 0.15) is 5.78 Å². The fourth-order valence-electron chi connectivity index (χ4n) is 2.06. The topological polar surface area (TPSA) is 37.4 Å². The minimum absolute atomic E-state index is 0.0140. The molecule has 0 N–H and O–H groups in total. The predicted molar refractivity (Wildman–Crippen MR) is 69.6 cm³/mol. The lowest BCUT2D eigenvalue weighted by Gasteiger charge is -2.28. The van der Waals surface area contributed by atoms with Crippen molar-refractivity contribution in [1.29, 1.82) is 0 Å². The van der Waals surface area contributed by atoms with Crippen molar-refractivity contribution in [2.75, 3.05) is 17.7 Å². The minimum Gasteiger partial charge on any atom is -0.305 e. The number of carbonyl (C=O) groups is 2. The molecule has 1 aliphatic rings. The first kappa shape index (κ1) is 12.2. The molecule has 17 heavy (non-hydrogen) atoms. The molecule has 1 aromatic carbocycles. The second-order valence-electron chi connectivity index (χ2n) is 4.18. The summed E-state index contributed by atoms with van der Waals surface area (Å²) in [7, 11) is 0. The molecule has 1 heterocycles. The zero-order valence-corrected chi connectivity index (χ0v) is 10.8. The first-order chi connectivity index (χ1) is 8.11. The monoisotopic (exact) mass is 249 g/mol. The smallest absolute Gasteiger partial charge is 0.227 e. The summed E-state index contributed by atoms with van der Waals surface area (Å²) in [6.45, 7) is 1.70. The number of Topliss-reactive ketones (excluding diaryl/α,β-unsaturated/α-hetero) is 1. The molecule has 0 bridgehead atoms. The number of benzene rings is 1. The Morgan fingerprint density at radius 1 is 1.41 bits per heavy atom. The molecule has 0 saturated carbocycles. The van der Waals surface area contributed by atoms with E-state index in [0.29, 0.717) is 6.42 Å². The quantitative estimate of drug-likeness (QED) is 0.771. The minimum atomic E-state index is 0.0140. The van der Waals surface area contributed by atoms with E-state index < -0.39 is 0 Å². The van der Waals surface area contributed by atoms with Crippen LogP contribution in [0.4, 0.5) is 5.69 Å². The van der Waals surface area contributed by atoms with Crippen molar-refractivity contribution in [1.82, 2.24) is 0 Å². The number of carbonyl (C=O) groups excluding carboxylic acids is 2. The average molecular weight is 249 g/mol. The Balaban J connectivity index is 2.37. The molecule has 0 atom stereocenters. The van der Waals surface area contributed by atoms with Crippen molar-refractivity contribution in [3.8, 4) is 0 Å². The van der Waals surface area contributed by atoms with Gasteiger partial charge in [0, 0.05) is 17.0 Å². The largest absolute Gasteiger partial charge is 0.305 e. The molecule has 3 nitrogen and oxygen atoms in total. The Morgan fingerprint density at radius 3 is 2.82 bits per heavy atom. The number of hydrogen-bond donors (Lipinski definition) is 0. The lowest BCUT2D eigenvalue weighted by atomic mass is 10.0. The highest BCUT2D eigenvalue weighted by molar-refractivity contribution is 7.98. The van der Waals surface area contributed by atoms with Gasteiger partial charge < -0.3 is 4.90 Å². The molecular formula is C13H15NO2S. The van der Waals surface area contributed by atoms with Crippen LogP contribution in [0.3, 0.4) is 0 Å². The summed E-state index contributed by atoms with van der Waals surface area (Å²) in [6, 6.07) is 6.05. The van der Waals surface area contributed by atoms with E-state index in [9.17, 15) is 9.59 Å². The van der Waals surface area contributed by atoms with Crippen molar-refractivity contribution in [2.24, 2.45) is 0 Å². The fraction of sp³-hybridized carbons (Fsp3) is 0.385. The van der Waals surface area contributed by atoms with Crippen molar-refractivity contribution >= 4 is 29.1 Å². The summed E-state index contributed by atoms with van der Waals surface area (Å²) in [6.07, 6.45) is 3.30. The molecule has 0 aromatic heterocycles. The first-order valence-corrected chi connectivity index (χ1v) is 6.81. The van der Waals surface area contributed by atoms with Gasteiger partial charge in [0.25, 0.3) is 0 Å². The van der Waals surface area contributed by atoms with Gasteiger partial charge in [-0.05, 0) is 43.4 Å². The van der Waals surface area contributed by atoms with Crippen LogP contribution in [0.5, 0.6) is 0 Å². The molecule has 4 heteroatoms. The van der Waals surface area contributed by atoms with Crippen molar-refractivity contribution < 1.29 is 9.59 Å². The van der Waals surface area contributed by atoms with Gasteiger partial charge in [-0.25, -0.2) is 0 Å². The van der Waals surface area contributed by atoms with Crippen LogP contribution in [-0.4, -0.2) is 24.5 Å². The number of anilines is 1. The number of nitrogens with zero attached hydrogens (tertiary/aromatic N) is 1. The molecular weight excluding hydrogens is 234 g/mol. The first-order valence-electron chi connectivity index (χ1n) is 5.58. The van der Waals surface area contributed by atoms with Crippen LogP contribution in [0, 0.1) is 0 Å². The van der Waals surface area contributed by atoms with Crippen LogP contribution < -0.4 is 4.90 Å². The summed E-state index contributed by atoms with van der Waals surface area (Å²) < 4.78 is 0. The van der Waals surface area contributed by atoms with Crippen molar-refractivity contribution in [3.05, 3.63) is 23.8 Å². The third kappa shape index (κ3) is 2.52.